The second-order valence-corrected chi connectivity index (χ2v) is 11.1. The number of rotatable bonds is 4. The number of halogens is 3. The summed E-state index contributed by atoms with van der Waals surface area (Å²) in [6, 6.07) is 14.7. The Labute approximate surface area is 224 Å². The molecule has 3 aromatic rings. The maximum atomic E-state index is 13.1. The van der Waals surface area contributed by atoms with Crippen molar-refractivity contribution in [1.29, 1.82) is 0 Å². The number of hydrogen-bond donors (Lipinski definition) is 4. The van der Waals surface area contributed by atoms with E-state index in [1.807, 2.05) is 43.3 Å². The molecule has 2 saturated heterocycles. The third-order valence-corrected chi connectivity index (χ3v) is 8.19. The fraction of sp³-hybridized carbons (Fsp3) is 0.423. The van der Waals surface area contributed by atoms with Gasteiger partial charge in [-0.15, -0.1) is 0 Å². The SMILES string of the molecule is Cc1ccccc1S(=O)(=O)n1ccc2c(CN3CCC(O)C3)cccc21.O=C(O)C(F)(F)F.OC1CCNC1. The van der Waals surface area contributed by atoms with Gasteiger partial charge in [0.1, 0.15) is 0 Å². The van der Waals surface area contributed by atoms with Crippen molar-refractivity contribution < 1.29 is 41.7 Å². The van der Waals surface area contributed by atoms with E-state index in [9.17, 15) is 26.7 Å². The summed E-state index contributed by atoms with van der Waals surface area (Å²) in [5, 5.41) is 29.5. The van der Waals surface area contributed by atoms with Crippen LogP contribution in [-0.4, -0.2) is 83.1 Å². The number of aliphatic hydroxyl groups excluding tert-OH is 2. The minimum absolute atomic E-state index is 0.0648. The van der Waals surface area contributed by atoms with Gasteiger partial charge in [-0.1, -0.05) is 30.3 Å². The van der Waals surface area contributed by atoms with Gasteiger partial charge in [0.2, 0.25) is 0 Å². The topological polar surface area (TPSA) is 132 Å². The molecule has 4 N–H and O–H groups in total. The van der Waals surface area contributed by atoms with Gasteiger partial charge < -0.3 is 20.6 Å². The van der Waals surface area contributed by atoms with E-state index in [0.29, 0.717) is 23.5 Å². The summed E-state index contributed by atoms with van der Waals surface area (Å²) in [5.74, 6) is -2.76. The number of fused-ring (bicyclic) bond motifs is 1. The first-order chi connectivity index (χ1) is 18.3. The van der Waals surface area contributed by atoms with E-state index in [-0.39, 0.29) is 12.2 Å². The fourth-order valence-electron chi connectivity index (χ4n) is 4.34. The van der Waals surface area contributed by atoms with E-state index in [2.05, 4.69) is 10.2 Å². The van der Waals surface area contributed by atoms with Crippen molar-refractivity contribution in [3.63, 3.8) is 0 Å². The van der Waals surface area contributed by atoms with Crippen LogP contribution >= 0.6 is 0 Å². The molecule has 0 aliphatic carbocycles. The largest absolute Gasteiger partial charge is 0.490 e. The van der Waals surface area contributed by atoms with Gasteiger partial charge in [0.05, 0.1) is 22.6 Å². The third-order valence-electron chi connectivity index (χ3n) is 6.34. The molecule has 0 spiro atoms. The number of β-amino-alcohol motifs (C(OH)–C–C–N with tert-alkyl or cyclic N) is 2. The first-order valence-electron chi connectivity index (χ1n) is 12.3. The Bertz CT molecular complexity index is 1370. The molecular formula is C26H32F3N3O6S. The molecular weight excluding hydrogens is 539 g/mol. The monoisotopic (exact) mass is 571 g/mol. The Morgan fingerprint density at radius 3 is 2.26 bits per heavy atom. The number of nitrogens with zero attached hydrogens (tertiary/aromatic N) is 2. The van der Waals surface area contributed by atoms with E-state index in [4.69, 9.17) is 15.0 Å². The van der Waals surface area contributed by atoms with Crippen LogP contribution in [0.2, 0.25) is 0 Å². The molecule has 0 amide bonds. The zero-order valence-corrected chi connectivity index (χ0v) is 22.1. The number of aromatic nitrogens is 1. The standard InChI is InChI=1S/C20H22N2O3S.C4H9NO.C2HF3O2/c1-15-5-2-3-8-20(15)26(24,25)22-12-10-18-16(6-4-7-19(18)22)13-21-11-9-17(23)14-21;6-4-1-2-5-3-4;3-2(4,5)1(6)7/h2-8,10,12,17,23H,9,11,13-14H2,1H3;4-6H,1-3H2;(H,6,7). The Balaban J connectivity index is 0.000000267. The van der Waals surface area contributed by atoms with E-state index in [1.165, 1.54) is 3.97 Å². The van der Waals surface area contributed by atoms with Crippen molar-refractivity contribution in [3.05, 3.63) is 65.9 Å². The number of benzene rings is 2. The number of carbonyl (C=O) groups is 1. The van der Waals surface area contributed by atoms with Crippen molar-refractivity contribution in [2.45, 2.75) is 49.6 Å². The average Bonchev–Trinajstić information content (AvgIpc) is 3.61. The lowest BCUT2D eigenvalue weighted by molar-refractivity contribution is -0.192. The molecule has 3 heterocycles. The van der Waals surface area contributed by atoms with Crippen LogP contribution in [0.1, 0.15) is 24.0 Å². The maximum Gasteiger partial charge on any atom is 0.490 e. The lowest BCUT2D eigenvalue weighted by atomic mass is 10.1. The average molecular weight is 572 g/mol. The molecule has 2 aliphatic rings. The normalized spacial score (nSPS) is 19.7. The minimum atomic E-state index is -5.08. The van der Waals surface area contributed by atoms with Crippen molar-refractivity contribution in [2.24, 2.45) is 0 Å². The molecule has 9 nitrogen and oxygen atoms in total. The van der Waals surface area contributed by atoms with Crippen LogP contribution in [0.5, 0.6) is 0 Å². The van der Waals surface area contributed by atoms with Gasteiger partial charge >= 0.3 is 12.1 Å². The zero-order chi connectivity index (χ0) is 28.8. The third kappa shape index (κ3) is 8.02. The Hall–Kier alpha value is -2.97. The molecule has 39 heavy (non-hydrogen) atoms. The maximum absolute atomic E-state index is 13.1. The molecule has 0 saturated carbocycles. The van der Waals surface area contributed by atoms with Crippen LogP contribution in [0, 0.1) is 6.92 Å². The molecule has 2 aliphatic heterocycles. The molecule has 2 fully saturated rings. The highest BCUT2D eigenvalue weighted by Crippen LogP contribution is 2.27. The number of aryl methyl sites for hydroxylation is 1. The highest BCUT2D eigenvalue weighted by molar-refractivity contribution is 7.90. The molecule has 2 aromatic carbocycles. The summed E-state index contributed by atoms with van der Waals surface area (Å²) in [4.78, 5) is 11.4. The number of aliphatic carboxylic acids is 1. The second-order valence-electron chi connectivity index (χ2n) is 9.36. The van der Waals surface area contributed by atoms with Crippen molar-refractivity contribution in [2.75, 3.05) is 26.2 Å². The Morgan fingerprint density at radius 2 is 1.74 bits per heavy atom. The van der Waals surface area contributed by atoms with Gasteiger partial charge in [-0.25, -0.2) is 17.2 Å². The zero-order valence-electron chi connectivity index (χ0n) is 21.3. The van der Waals surface area contributed by atoms with E-state index in [0.717, 1.165) is 49.0 Å². The van der Waals surface area contributed by atoms with Gasteiger partial charge in [0.15, 0.2) is 0 Å². The first-order valence-corrected chi connectivity index (χ1v) is 13.7. The summed E-state index contributed by atoms with van der Waals surface area (Å²) in [7, 11) is -3.64. The fourth-order valence-corrected chi connectivity index (χ4v) is 5.92. The molecule has 0 bridgehead atoms. The quantitative estimate of drug-likeness (QED) is 0.376. The number of aliphatic hydroxyl groups is 2. The summed E-state index contributed by atoms with van der Waals surface area (Å²) in [6.45, 7) is 5.82. The molecule has 0 radical (unpaired) electrons. The second kappa shape index (κ2) is 12.9. The van der Waals surface area contributed by atoms with Gasteiger partial charge in [0, 0.05) is 37.8 Å². The smallest absolute Gasteiger partial charge is 0.475 e. The molecule has 5 rings (SSSR count). The molecule has 2 unspecified atom stereocenters. The first kappa shape index (κ1) is 30.6. The summed E-state index contributed by atoms with van der Waals surface area (Å²) in [6.07, 6.45) is -2.06. The van der Waals surface area contributed by atoms with E-state index >= 15 is 0 Å². The van der Waals surface area contributed by atoms with Crippen LogP contribution in [0.15, 0.2) is 59.6 Å². The number of carboxylic acids is 1. The van der Waals surface area contributed by atoms with Crippen LogP contribution in [0.4, 0.5) is 13.2 Å². The van der Waals surface area contributed by atoms with Crippen molar-refractivity contribution >= 4 is 26.9 Å². The van der Waals surface area contributed by atoms with Crippen LogP contribution < -0.4 is 5.32 Å². The predicted octanol–water partition coefficient (Wildman–Crippen LogP) is 2.73. The van der Waals surface area contributed by atoms with E-state index < -0.39 is 22.2 Å². The van der Waals surface area contributed by atoms with Gasteiger partial charge in [-0.2, -0.15) is 13.2 Å². The Kier molecular flexibility index (Phi) is 10.1. The lowest BCUT2D eigenvalue weighted by Gasteiger charge is -2.16. The highest BCUT2D eigenvalue weighted by Gasteiger charge is 2.38. The van der Waals surface area contributed by atoms with Gasteiger partial charge in [0.25, 0.3) is 10.0 Å². The number of nitrogens with one attached hydrogen (secondary N) is 1. The van der Waals surface area contributed by atoms with Crippen molar-refractivity contribution in [3.8, 4) is 0 Å². The number of hydrogen-bond acceptors (Lipinski definition) is 7. The molecule has 2 atom stereocenters. The summed E-state index contributed by atoms with van der Waals surface area (Å²) < 4.78 is 59.4. The van der Waals surface area contributed by atoms with E-state index in [1.54, 1.807) is 18.3 Å². The van der Waals surface area contributed by atoms with Crippen LogP contribution in [0.25, 0.3) is 10.9 Å². The van der Waals surface area contributed by atoms with Crippen LogP contribution in [-0.2, 0) is 21.4 Å². The minimum Gasteiger partial charge on any atom is -0.475 e. The highest BCUT2D eigenvalue weighted by atomic mass is 32.2. The summed E-state index contributed by atoms with van der Waals surface area (Å²) >= 11 is 0. The predicted molar refractivity (Wildman–Crippen MR) is 139 cm³/mol. The Morgan fingerprint density at radius 1 is 1.05 bits per heavy atom. The molecule has 13 heteroatoms. The van der Waals surface area contributed by atoms with Crippen molar-refractivity contribution in [1.82, 2.24) is 14.2 Å². The van der Waals surface area contributed by atoms with Gasteiger partial charge in [-0.05, 0) is 55.6 Å². The molecule has 1 aromatic heterocycles. The molecule has 214 valence electrons. The summed E-state index contributed by atoms with van der Waals surface area (Å²) in [5.41, 5.74) is 2.50. The number of likely N-dealkylation sites (tertiary alicyclic amines) is 1. The van der Waals surface area contributed by atoms with Gasteiger partial charge in [-0.3, -0.25) is 4.90 Å². The number of alkyl halides is 3. The number of carboxylic acid groups (broad SMARTS) is 1. The lowest BCUT2D eigenvalue weighted by Crippen LogP contribution is -2.21. The van der Waals surface area contributed by atoms with Crippen LogP contribution in [0.3, 0.4) is 0 Å².